The number of rotatable bonds is 10. The van der Waals surface area contributed by atoms with Crippen LogP contribution >= 0.6 is 0 Å². The van der Waals surface area contributed by atoms with E-state index in [1.807, 2.05) is 30.3 Å². The van der Waals surface area contributed by atoms with Gasteiger partial charge in [0.25, 0.3) is 5.78 Å². The van der Waals surface area contributed by atoms with Crippen molar-refractivity contribution in [2.45, 2.75) is 58.2 Å². The Balaban J connectivity index is 2.20. The van der Waals surface area contributed by atoms with Crippen LogP contribution in [0.2, 0.25) is 16.6 Å². The Morgan fingerprint density at radius 3 is 2.07 bits per heavy atom. The number of esters is 1. The van der Waals surface area contributed by atoms with Gasteiger partial charge in [0.1, 0.15) is 12.4 Å². The lowest BCUT2D eigenvalue weighted by Crippen LogP contribution is -2.48. The smallest absolute Gasteiger partial charge is 0.379 e. The third-order valence-corrected chi connectivity index (χ3v) is 12.0. The molecular formula is C24H34O5Si. The molecular weight excluding hydrogens is 396 g/mol. The quantitative estimate of drug-likeness (QED) is 0.157. The van der Waals surface area contributed by atoms with Crippen molar-refractivity contribution < 1.29 is 23.5 Å². The van der Waals surface area contributed by atoms with Gasteiger partial charge in [-0.05, 0) is 39.5 Å². The number of hydrogen-bond acceptors (Lipinski definition) is 5. The summed E-state index contributed by atoms with van der Waals surface area (Å²) in [6, 6.07) is 10.9. The van der Waals surface area contributed by atoms with Gasteiger partial charge in [0.15, 0.2) is 8.32 Å². The molecule has 0 saturated carbocycles. The Bertz CT molecular complexity index is 867. The number of carbonyl (C=O) groups is 2. The highest BCUT2D eigenvalue weighted by molar-refractivity contribution is 6.77. The number of Topliss-reactive ketones (excluding diaryl/α,β-unsaturated/α-hetero) is 1. The third kappa shape index (κ3) is 4.93. The van der Waals surface area contributed by atoms with E-state index in [4.69, 9.17) is 9.16 Å². The summed E-state index contributed by atoms with van der Waals surface area (Å²) in [5.41, 5.74) is 1.79. The van der Waals surface area contributed by atoms with E-state index in [-0.39, 0.29) is 5.56 Å². The fourth-order valence-electron chi connectivity index (χ4n) is 4.63. The Hall–Kier alpha value is -2.18. The van der Waals surface area contributed by atoms with Crippen LogP contribution in [0.3, 0.4) is 0 Å². The molecule has 2 rings (SSSR count). The molecule has 0 spiro atoms. The number of hydrogen-bond donors (Lipinski definition) is 0. The van der Waals surface area contributed by atoms with E-state index in [0.717, 1.165) is 5.39 Å². The number of benzene rings is 2. The summed E-state index contributed by atoms with van der Waals surface area (Å²) in [5, 5.41) is 1.53. The summed E-state index contributed by atoms with van der Waals surface area (Å²) in [4.78, 5) is 24.3. The van der Waals surface area contributed by atoms with Crippen molar-refractivity contribution in [1.29, 1.82) is 0 Å². The molecule has 0 aliphatic carbocycles. The van der Waals surface area contributed by atoms with Crippen LogP contribution in [-0.4, -0.2) is 40.4 Å². The van der Waals surface area contributed by atoms with Crippen molar-refractivity contribution in [2.75, 3.05) is 20.3 Å². The highest BCUT2D eigenvalue weighted by Gasteiger charge is 2.44. The van der Waals surface area contributed by atoms with E-state index in [9.17, 15) is 9.59 Å². The van der Waals surface area contributed by atoms with Gasteiger partial charge in [-0.3, -0.25) is 4.79 Å². The maximum atomic E-state index is 12.5. The lowest BCUT2D eigenvalue weighted by Gasteiger charge is -2.42. The first-order valence-corrected chi connectivity index (χ1v) is 12.7. The Morgan fingerprint density at radius 1 is 0.900 bits per heavy atom. The Labute approximate surface area is 180 Å². The van der Waals surface area contributed by atoms with E-state index in [2.05, 4.69) is 46.3 Å². The maximum absolute atomic E-state index is 12.5. The van der Waals surface area contributed by atoms with Crippen molar-refractivity contribution in [1.82, 2.24) is 0 Å². The van der Waals surface area contributed by atoms with Crippen LogP contribution in [0.25, 0.3) is 10.8 Å². The van der Waals surface area contributed by atoms with Gasteiger partial charge in [-0.1, -0.05) is 65.8 Å². The molecule has 0 aliphatic heterocycles. The summed E-state index contributed by atoms with van der Waals surface area (Å²) >= 11 is 0. The third-order valence-electron chi connectivity index (χ3n) is 5.86. The number of ketones is 1. The summed E-state index contributed by atoms with van der Waals surface area (Å²) in [5.74, 6) is -1.03. The molecule has 2 aromatic carbocycles. The second kappa shape index (κ2) is 10.2. The molecule has 0 amide bonds. The van der Waals surface area contributed by atoms with E-state index < -0.39 is 20.1 Å². The molecule has 0 N–H and O–H groups in total. The second-order valence-electron chi connectivity index (χ2n) is 8.53. The molecule has 0 atom stereocenters. The zero-order valence-corrected chi connectivity index (χ0v) is 20.2. The lowest BCUT2D eigenvalue weighted by molar-refractivity contribution is -0.135. The highest BCUT2D eigenvalue weighted by atomic mass is 28.4. The first-order valence-electron chi connectivity index (χ1n) is 10.6. The van der Waals surface area contributed by atoms with Gasteiger partial charge < -0.3 is 13.9 Å². The number of fused-ring (bicyclic) bond motifs is 1. The molecule has 0 radical (unpaired) electrons. The number of methoxy groups -OCH3 is 1. The van der Waals surface area contributed by atoms with E-state index in [1.54, 1.807) is 6.07 Å². The minimum Gasteiger partial charge on any atom is -0.491 e. The molecule has 0 unspecified atom stereocenters. The molecule has 0 fully saturated rings. The molecule has 5 nitrogen and oxygen atoms in total. The van der Waals surface area contributed by atoms with Crippen molar-refractivity contribution in [3.8, 4) is 5.75 Å². The van der Waals surface area contributed by atoms with Crippen molar-refractivity contribution >= 4 is 30.8 Å². The minimum absolute atomic E-state index is 0.283. The number of carbonyl (C=O) groups excluding carboxylic acids is 2. The first kappa shape index (κ1) is 24.1. The van der Waals surface area contributed by atoms with Gasteiger partial charge in [0, 0.05) is 5.56 Å². The van der Waals surface area contributed by atoms with Crippen molar-refractivity contribution in [3.63, 3.8) is 0 Å². The fraction of sp³-hybridized carbons (Fsp3) is 0.500. The second-order valence-corrected chi connectivity index (χ2v) is 14.0. The van der Waals surface area contributed by atoms with Crippen LogP contribution in [0.4, 0.5) is 0 Å². The Kier molecular flexibility index (Phi) is 8.21. The van der Waals surface area contributed by atoms with Crippen molar-refractivity contribution in [3.05, 3.63) is 42.0 Å². The molecule has 0 saturated heterocycles. The van der Waals surface area contributed by atoms with Gasteiger partial charge >= 0.3 is 5.97 Å². The molecule has 0 bridgehead atoms. The fourth-order valence-corrected chi connectivity index (χ4v) is 10.1. The van der Waals surface area contributed by atoms with Crippen LogP contribution in [0.1, 0.15) is 51.9 Å². The summed E-state index contributed by atoms with van der Waals surface area (Å²) in [6.07, 6.45) is 0. The summed E-state index contributed by atoms with van der Waals surface area (Å²) in [7, 11) is -0.751. The van der Waals surface area contributed by atoms with Crippen LogP contribution < -0.4 is 4.74 Å². The Morgan fingerprint density at radius 2 is 1.50 bits per heavy atom. The monoisotopic (exact) mass is 430 g/mol. The molecule has 6 heteroatoms. The van der Waals surface area contributed by atoms with Crippen LogP contribution in [0.15, 0.2) is 36.4 Å². The molecule has 0 heterocycles. The SMILES string of the molecule is COC(=O)C(=O)c1cc(OCCO[Si](C(C)C)(C(C)C)C(C)C)cc2ccccc12. The van der Waals surface area contributed by atoms with Gasteiger partial charge in [-0.2, -0.15) is 0 Å². The largest absolute Gasteiger partial charge is 0.491 e. The predicted molar refractivity (Wildman–Crippen MR) is 123 cm³/mol. The zero-order chi connectivity index (χ0) is 22.5. The van der Waals surface area contributed by atoms with Gasteiger partial charge in [-0.25, -0.2) is 4.79 Å². The van der Waals surface area contributed by atoms with E-state index in [1.165, 1.54) is 7.11 Å². The van der Waals surface area contributed by atoms with E-state index >= 15 is 0 Å². The molecule has 0 aromatic heterocycles. The molecule has 2 aromatic rings. The van der Waals surface area contributed by atoms with Gasteiger partial charge in [0.2, 0.25) is 0 Å². The molecule has 30 heavy (non-hydrogen) atoms. The van der Waals surface area contributed by atoms with Crippen LogP contribution in [0.5, 0.6) is 5.75 Å². The molecule has 0 aliphatic rings. The van der Waals surface area contributed by atoms with Gasteiger partial charge in [0.05, 0.1) is 13.7 Å². The van der Waals surface area contributed by atoms with Crippen molar-refractivity contribution in [2.24, 2.45) is 0 Å². The average Bonchev–Trinajstić information content (AvgIpc) is 2.71. The van der Waals surface area contributed by atoms with Crippen LogP contribution in [0, 0.1) is 0 Å². The van der Waals surface area contributed by atoms with Gasteiger partial charge in [-0.15, -0.1) is 0 Å². The predicted octanol–water partition coefficient (Wildman–Crippen LogP) is 5.77. The number of ether oxygens (including phenoxy) is 2. The zero-order valence-electron chi connectivity index (χ0n) is 19.2. The topological polar surface area (TPSA) is 61.8 Å². The highest BCUT2D eigenvalue weighted by Crippen LogP contribution is 2.42. The maximum Gasteiger partial charge on any atom is 0.379 e. The standard InChI is InChI=1S/C24H34O5Si/c1-16(2)30(17(3)4,18(5)6)29-13-12-28-20-14-19-10-8-9-11-21(19)22(15-20)23(25)24(26)27-7/h8-11,14-18H,12-13H2,1-7H3. The van der Waals surface area contributed by atoms with Crippen LogP contribution in [-0.2, 0) is 14.0 Å². The normalized spacial score (nSPS) is 12.1. The minimum atomic E-state index is -1.95. The average molecular weight is 431 g/mol. The summed E-state index contributed by atoms with van der Waals surface area (Å²) in [6.45, 7) is 14.4. The van der Waals surface area contributed by atoms with E-state index in [0.29, 0.717) is 41.0 Å². The summed E-state index contributed by atoms with van der Waals surface area (Å²) < 4.78 is 17.1. The lowest BCUT2D eigenvalue weighted by atomic mass is 10.0. The first-order chi connectivity index (χ1) is 14.1. The molecule has 164 valence electrons.